The molecule has 1 aromatic rings. The van der Waals surface area contributed by atoms with Crippen LogP contribution >= 0.6 is 0 Å². The zero-order valence-electron chi connectivity index (χ0n) is 15.6. The van der Waals surface area contributed by atoms with Gasteiger partial charge in [-0.3, -0.25) is 4.90 Å². The van der Waals surface area contributed by atoms with Gasteiger partial charge in [-0.05, 0) is 20.8 Å². The summed E-state index contributed by atoms with van der Waals surface area (Å²) in [6.45, 7) is 7.75. The van der Waals surface area contributed by atoms with Gasteiger partial charge in [0.25, 0.3) is 0 Å². The Kier molecular flexibility index (Phi) is 5.94. The molecule has 0 spiro atoms. The lowest BCUT2D eigenvalue weighted by molar-refractivity contribution is 0.00342. The summed E-state index contributed by atoms with van der Waals surface area (Å²) in [5.41, 5.74) is 6.05. The number of ether oxygens (including phenoxy) is 3. The Morgan fingerprint density at radius 1 is 1.36 bits per heavy atom. The van der Waals surface area contributed by atoms with Crippen LogP contribution in [0.25, 0.3) is 0 Å². The molecule has 0 radical (unpaired) electrons. The number of nitrogens with zero attached hydrogens (tertiary/aromatic N) is 3. The van der Waals surface area contributed by atoms with Gasteiger partial charge in [-0.15, -0.1) is 0 Å². The summed E-state index contributed by atoms with van der Waals surface area (Å²) in [5.74, 6) is 1.07. The van der Waals surface area contributed by atoms with Gasteiger partial charge in [0.05, 0.1) is 31.6 Å². The van der Waals surface area contributed by atoms with Crippen LogP contribution in [0.1, 0.15) is 20.8 Å². The molecule has 1 aliphatic rings. The summed E-state index contributed by atoms with van der Waals surface area (Å²) < 4.78 is 16.2. The van der Waals surface area contributed by atoms with E-state index < -0.39 is 5.60 Å². The average molecular weight is 352 g/mol. The standard InChI is InChI=1S/C17H28N4O4/c1-17(2,3)25-16(22)21-7-6-20(10-12(21)11-23-4)13-9-19-15(18)8-14(13)24-5/h8-9,12H,6-7,10-11H2,1-5H3,(H2,18,19). The van der Waals surface area contributed by atoms with E-state index in [9.17, 15) is 4.79 Å². The molecule has 8 nitrogen and oxygen atoms in total. The molecule has 0 aromatic carbocycles. The lowest BCUT2D eigenvalue weighted by Crippen LogP contribution is -2.57. The highest BCUT2D eigenvalue weighted by molar-refractivity contribution is 5.70. The molecule has 2 heterocycles. The molecular weight excluding hydrogens is 324 g/mol. The lowest BCUT2D eigenvalue weighted by Gasteiger charge is -2.42. The minimum atomic E-state index is -0.532. The summed E-state index contributed by atoms with van der Waals surface area (Å²) in [6, 6.07) is 1.57. The second-order valence-electron chi connectivity index (χ2n) is 7.01. The number of carbonyl (C=O) groups excluding carboxylic acids is 1. The van der Waals surface area contributed by atoms with Gasteiger partial charge in [0.1, 0.15) is 17.2 Å². The molecule has 0 bridgehead atoms. The van der Waals surface area contributed by atoms with E-state index in [1.54, 1.807) is 31.4 Å². The van der Waals surface area contributed by atoms with Crippen LogP contribution in [0.3, 0.4) is 0 Å². The number of piperazine rings is 1. The van der Waals surface area contributed by atoms with Crippen molar-refractivity contribution in [2.75, 3.05) is 51.1 Å². The Labute approximate surface area is 148 Å². The van der Waals surface area contributed by atoms with Crippen LogP contribution in [0.15, 0.2) is 12.3 Å². The fourth-order valence-electron chi connectivity index (χ4n) is 2.82. The Bertz CT molecular complexity index is 603. The second-order valence-corrected chi connectivity index (χ2v) is 7.01. The first-order valence-corrected chi connectivity index (χ1v) is 8.28. The number of aromatic nitrogens is 1. The van der Waals surface area contributed by atoms with Gasteiger partial charge in [-0.25, -0.2) is 9.78 Å². The fourth-order valence-corrected chi connectivity index (χ4v) is 2.82. The van der Waals surface area contributed by atoms with Crippen LogP contribution in [0.5, 0.6) is 5.75 Å². The third kappa shape index (κ3) is 4.88. The molecule has 1 atom stereocenters. The Hall–Kier alpha value is -2.22. The van der Waals surface area contributed by atoms with Crippen molar-refractivity contribution in [3.05, 3.63) is 12.3 Å². The van der Waals surface area contributed by atoms with E-state index in [4.69, 9.17) is 19.9 Å². The summed E-state index contributed by atoms with van der Waals surface area (Å²) in [6.07, 6.45) is 1.37. The van der Waals surface area contributed by atoms with Gasteiger partial charge in [0, 0.05) is 32.8 Å². The van der Waals surface area contributed by atoms with Crippen LogP contribution in [0.2, 0.25) is 0 Å². The molecule has 0 saturated carbocycles. The van der Waals surface area contributed by atoms with Crippen molar-refractivity contribution in [1.29, 1.82) is 0 Å². The molecule has 1 unspecified atom stereocenters. The number of nitrogens with two attached hydrogens (primary N) is 1. The van der Waals surface area contributed by atoms with Gasteiger partial charge >= 0.3 is 6.09 Å². The van der Waals surface area contributed by atoms with Gasteiger partial charge in [-0.2, -0.15) is 0 Å². The summed E-state index contributed by atoms with van der Waals surface area (Å²) in [7, 11) is 3.22. The van der Waals surface area contributed by atoms with Gasteiger partial charge in [-0.1, -0.05) is 0 Å². The molecule has 1 fully saturated rings. The van der Waals surface area contributed by atoms with Crippen LogP contribution in [0, 0.1) is 0 Å². The number of methoxy groups -OCH3 is 2. The van der Waals surface area contributed by atoms with Crippen LogP contribution < -0.4 is 15.4 Å². The largest absolute Gasteiger partial charge is 0.494 e. The molecule has 2 rings (SSSR count). The van der Waals surface area contributed by atoms with Crippen molar-refractivity contribution < 1.29 is 19.0 Å². The molecule has 140 valence electrons. The summed E-state index contributed by atoms with van der Waals surface area (Å²) >= 11 is 0. The van der Waals surface area contributed by atoms with E-state index in [1.807, 2.05) is 20.8 Å². The second kappa shape index (κ2) is 7.77. The minimum absolute atomic E-state index is 0.129. The van der Waals surface area contributed by atoms with Crippen LogP contribution in [0.4, 0.5) is 16.3 Å². The molecule has 1 saturated heterocycles. The first-order valence-electron chi connectivity index (χ1n) is 8.28. The number of pyridine rings is 1. The molecule has 8 heteroatoms. The molecule has 25 heavy (non-hydrogen) atoms. The maximum atomic E-state index is 12.5. The predicted molar refractivity (Wildman–Crippen MR) is 96.0 cm³/mol. The first kappa shape index (κ1) is 19.1. The Balaban J connectivity index is 2.17. The monoisotopic (exact) mass is 352 g/mol. The molecule has 1 aromatic heterocycles. The zero-order chi connectivity index (χ0) is 18.6. The third-order valence-corrected chi connectivity index (χ3v) is 3.90. The number of amides is 1. The molecule has 1 aliphatic heterocycles. The maximum absolute atomic E-state index is 12.5. The van der Waals surface area contributed by atoms with Crippen molar-refractivity contribution in [3.63, 3.8) is 0 Å². The number of rotatable bonds is 4. The van der Waals surface area contributed by atoms with Crippen LogP contribution in [-0.2, 0) is 9.47 Å². The maximum Gasteiger partial charge on any atom is 0.410 e. The number of nitrogen functional groups attached to an aromatic ring is 1. The van der Waals surface area contributed by atoms with Gasteiger partial charge < -0.3 is 24.8 Å². The number of hydrogen-bond donors (Lipinski definition) is 1. The van der Waals surface area contributed by atoms with E-state index in [0.717, 1.165) is 5.69 Å². The first-order chi connectivity index (χ1) is 11.7. The minimum Gasteiger partial charge on any atom is -0.494 e. The van der Waals surface area contributed by atoms with E-state index in [1.165, 1.54) is 0 Å². The van der Waals surface area contributed by atoms with Crippen molar-refractivity contribution >= 4 is 17.6 Å². The normalized spacial score (nSPS) is 18.2. The van der Waals surface area contributed by atoms with Crippen molar-refractivity contribution in [3.8, 4) is 5.75 Å². The van der Waals surface area contributed by atoms with Crippen LogP contribution in [-0.4, -0.2) is 68.1 Å². The molecule has 0 aliphatic carbocycles. The smallest absolute Gasteiger partial charge is 0.410 e. The van der Waals surface area contributed by atoms with E-state index in [2.05, 4.69) is 9.88 Å². The van der Waals surface area contributed by atoms with Crippen molar-refractivity contribution in [2.45, 2.75) is 32.4 Å². The van der Waals surface area contributed by atoms with Crippen molar-refractivity contribution in [1.82, 2.24) is 9.88 Å². The SMILES string of the molecule is COCC1CN(c2cnc(N)cc2OC)CCN1C(=O)OC(C)(C)C. The topological polar surface area (TPSA) is 90.2 Å². The molecule has 2 N–H and O–H groups in total. The molecular formula is C17H28N4O4. The molecule has 1 amide bonds. The predicted octanol–water partition coefficient (Wildman–Crippen LogP) is 1.74. The van der Waals surface area contributed by atoms with E-state index in [-0.39, 0.29) is 12.1 Å². The van der Waals surface area contributed by atoms with Gasteiger partial charge in [0.15, 0.2) is 0 Å². The third-order valence-electron chi connectivity index (χ3n) is 3.90. The number of carbonyl (C=O) groups is 1. The highest BCUT2D eigenvalue weighted by atomic mass is 16.6. The Morgan fingerprint density at radius 2 is 2.08 bits per heavy atom. The highest BCUT2D eigenvalue weighted by Crippen LogP contribution is 2.30. The average Bonchev–Trinajstić information content (AvgIpc) is 2.53. The van der Waals surface area contributed by atoms with Gasteiger partial charge in [0.2, 0.25) is 0 Å². The lowest BCUT2D eigenvalue weighted by atomic mass is 10.1. The number of hydrogen-bond acceptors (Lipinski definition) is 7. The van der Waals surface area contributed by atoms with E-state index in [0.29, 0.717) is 37.8 Å². The number of anilines is 2. The highest BCUT2D eigenvalue weighted by Gasteiger charge is 2.34. The summed E-state index contributed by atoms with van der Waals surface area (Å²) in [4.78, 5) is 20.5. The fraction of sp³-hybridized carbons (Fsp3) is 0.647. The quantitative estimate of drug-likeness (QED) is 0.883. The van der Waals surface area contributed by atoms with Crippen molar-refractivity contribution in [2.24, 2.45) is 0 Å². The summed E-state index contributed by atoms with van der Waals surface area (Å²) in [5, 5.41) is 0. The zero-order valence-corrected chi connectivity index (χ0v) is 15.6. The Morgan fingerprint density at radius 3 is 2.68 bits per heavy atom. The van der Waals surface area contributed by atoms with E-state index >= 15 is 0 Å².